The summed E-state index contributed by atoms with van der Waals surface area (Å²) in [6, 6.07) is 13.5. The molecule has 0 saturated carbocycles. The van der Waals surface area contributed by atoms with Crippen molar-refractivity contribution in [3.05, 3.63) is 89.3 Å². The van der Waals surface area contributed by atoms with E-state index in [1.807, 2.05) is 11.0 Å². The maximum absolute atomic E-state index is 13.5. The highest BCUT2D eigenvalue weighted by molar-refractivity contribution is 5.94. The zero-order chi connectivity index (χ0) is 22.3. The van der Waals surface area contributed by atoms with Crippen molar-refractivity contribution < 1.29 is 18.7 Å². The summed E-state index contributed by atoms with van der Waals surface area (Å²) in [6.45, 7) is 1.64. The molecule has 4 rings (SSSR count). The van der Waals surface area contributed by atoms with Crippen molar-refractivity contribution in [2.45, 2.75) is 25.3 Å². The Kier molecular flexibility index (Phi) is 7.07. The Labute approximate surface area is 187 Å². The Balaban J connectivity index is 1.47. The number of nitrogens with zero attached hydrogens (tertiary/aromatic N) is 3. The number of likely N-dealkylation sites (tertiary alicyclic amines) is 1. The summed E-state index contributed by atoms with van der Waals surface area (Å²) in [5.74, 6) is 0.398. The monoisotopic (exact) mass is 435 g/mol. The van der Waals surface area contributed by atoms with Crippen molar-refractivity contribution >= 4 is 5.91 Å². The zero-order valence-corrected chi connectivity index (χ0v) is 18.0. The van der Waals surface area contributed by atoms with Crippen LogP contribution >= 0.6 is 0 Å². The van der Waals surface area contributed by atoms with Gasteiger partial charge in [-0.2, -0.15) is 0 Å². The highest BCUT2D eigenvalue weighted by atomic mass is 19.1. The molecular weight excluding hydrogens is 409 g/mol. The third-order valence-electron chi connectivity index (χ3n) is 5.49. The fourth-order valence-corrected chi connectivity index (χ4v) is 3.94. The second-order valence-electron chi connectivity index (χ2n) is 7.76. The molecule has 0 N–H and O–H groups in total. The molecule has 32 heavy (non-hydrogen) atoms. The summed E-state index contributed by atoms with van der Waals surface area (Å²) in [7, 11) is 1.62. The number of aromatic nitrogens is 2. The predicted molar refractivity (Wildman–Crippen MR) is 118 cm³/mol. The Morgan fingerprint density at radius 2 is 2.00 bits per heavy atom. The van der Waals surface area contributed by atoms with Gasteiger partial charge in [0.2, 0.25) is 0 Å². The van der Waals surface area contributed by atoms with Crippen molar-refractivity contribution in [3.63, 3.8) is 0 Å². The van der Waals surface area contributed by atoms with Gasteiger partial charge in [-0.25, -0.2) is 4.39 Å². The minimum Gasteiger partial charge on any atom is -0.491 e. The van der Waals surface area contributed by atoms with Crippen LogP contribution in [0.15, 0.2) is 60.9 Å². The molecular formula is C25H26FN3O3. The summed E-state index contributed by atoms with van der Waals surface area (Å²) >= 11 is 0. The molecule has 6 nitrogen and oxygen atoms in total. The average Bonchev–Trinajstić information content (AvgIpc) is 3.30. The summed E-state index contributed by atoms with van der Waals surface area (Å²) < 4.78 is 24.1. The maximum Gasteiger partial charge on any atom is 0.254 e. The van der Waals surface area contributed by atoms with Gasteiger partial charge in [-0.3, -0.25) is 14.8 Å². The first-order valence-corrected chi connectivity index (χ1v) is 10.7. The van der Waals surface area contributed by atoms with E-state index in [0.29, 0.717) is 37.5 Å². The number of carbonyl (C=O) groups is 1. The summed E-state index contributed by atoms with van der Waals surface area (Å²) in [4.78, 5) is 24.1. The largest absolute Gasteiger partial charge is 0.491 e. The van der Waals surface area contributed by atoms with Crippen LogP contribution in [0.25, 0.3) is 0 Å². The van der Waals surface area contributed by atoms with Gasteiger partial charge in [0.1, 0.15) is 18.2 Å². The van der Waals surface area contributed by atoms with Crippen LogP contribution in [-0.2, 0) is 11.2 Å². The molecule has 1 atom stereocenters. The van der Waals surface area contributed by atoms with Crippen LogP contribution < -0.4 is 4.74 Å². The van der Waals surface area contributed by atoms with E-state index in [2.05, 4.69) is 4.98 Å². The van der Waals surface area contributed by atoms with Gasteiger partial charge in [-0.1, -0.05) is 12.1 Å². The van der Waals surface area contributed by atoms with E-state index in [1.54, 1.807) is 49.8 Å². The zero-order valence-electron chi connectivity index (χ0n) is 18.0. The van der Waals surface area contributed by atoms with Gasteiger partial charge >= 0.3 is 0 Å². The fraction of sp³-hybridized carbons (Fsp3) is 0.320. The normalized spacial score (nSPS) is 15.7. The van der Waals surface area contributed by atoms with Crippen molar-refractivity contribution in [1.29, 1.82) is 0 Å². The Morgan fingerprint density at radius 3 is 2.78 bits per heavy atom. The maximum atomic E-state index is 13.5. The summed E-state index contributed by atoms with van der Waals surface area (Å²) in [5.41, 5.74) is 2.97. The highest BCUT2D eigenvalue weighted by Gasteiger charge is 2.32. The van der Waals surface area contributed by atoms with Crippen molar-refractivity contribution in [2.75, 3.05) is 26.9 Å². The number of hydrogen-bond donors (Lipinski definition) is 0. The number of carbonyl (C=O) groups excluding carboxylic acids is 1. The molecule has 3 aromatic rings. The minimum atomic E-state index is -0.269. The van der Waals surface area contributed by atoms with Gasteiger partial charge < -0.3 is 14.4 Å². The molecule has 2 aromatic carbocycles. The van der Waals surface area contributed by atoms with E-state index in [9.17, 15) is 9.18 Å². The molecule has 2 heterocycles. The van der Waals surface area contributed by atoms with Crippen LogP contribution in [0.2, 0.25) is 0 Å². The molecule has 1 amide bonds. The second-order valence-corrected chi connectivity index (χ2v) is 7.76. The third-order valence-corrected chi connectivity index (χ3v) is 5.49. The molecule has 1 saturated heterocycles. The SMILES string of the molecule is COCCOc1ccc(C(=O)N2CCC[C@@H]2c2cncc(Cc3cccc(F)c3)n2)cc1. The lowest BCUT2D eigenvalue weighted by Gasteiger charge is -2.24. The molecule has 0 spiro atoms. The molecule has 1 aromatic heterocycles. The quantitative estimate of drug-likeness (QED) is 0.496. The van der Waals surface area contributed by atoms with E-state index in [-0.39, 0.29) is 17.8 Å². The Morgan fingerprint density at radius 1 is 1.16 bits per heavy atom. The molecule has 0 bridgehead atoms. The molecule has 7 heteroatoms. The topological polar surface area (TPSA) is 64.6 Å². The molecule has 0 unspecified atom stereocenters. The summed E-state index contributed by atoms with van der Waals surface area (Å²) in [5, 5.41) is 0. The van der Waals surface area contributed by atoms with Gasteiger partial charge in [0.15, 0.2) is 0 Å². The van der Waals surface area contributed by atoms with Crippen LogP contribution in [-0.4, -0.2) is 47.6 Å². The number of methoxy groups -OCH3 is 1. The Hall–Kier alpha value is -3.32. The first-order valence-electron chi connectivity index (χ1n) is 10.7. The number of benzene rings is 2. The third kappa shape index (κ3) is 5.29. The van der Waals surface area contributed by atoms with Crippen LogP contribution in [0.4, 0.5) is 4.39 Å². The molecule has 166 valence electrons. The second kappa shape index (κ2) is 10.3. The number of hydrogen-bond acceptors (Lipinski definition) is 5. The van der Waals surface area contributed by atoms with E-state index in [0.717, 1.165) is 29.8 Å². The predicted octanol–water partition coefficient (Wildman–Crippen LogP) is 4.21. The van der Waals surface area contributed by atoms with Crippen LogP contribution in [0.1, 0.15) is 46.2 Å². The first kappa shape index (κ1) is 21.9. The minimum absolute atomic E-state index is 0.0340. The van der Waals surface area contributed by atoms with Crippen molar-refractivity contribution in [2.24, 2.45) is 0 Å². The van der Waals surface area contributed by atoms with Gasteiger partial charge in [-0.05, 0) is 54.8 Å². The van der Waals surface area contributed by atoms with E-state index in [4.69, 9.17) is 14.5 Å². The number of rotatable bonds is 8. The lowest BCUT2D eigenvalue weighted by Crippen LogP contribution is -2.31. The molecule has 1 fully saturated rings. The molecule has 1 aliphatic rings. The van der Waals surface area contributed by atoms with E-state index in [1.165, 1.54) is 12.1 Å². The van der Waals surface area contributed by atoms with E-state index >= 15 is 0 Å². The highest BCUT2D eigenvalue weighted by Crippen LogP contribution is 2.32. The van der Waals surface area contributed by atoms with Crippen molar-refractivity contribution in [3.8, 4) is 5.75 Å². The molecule has 1 aliphatic heterocycles. The van der Waals surface area contributed by atoms with Gasteiger partial charge in [0.25, 0.3) is 5.91 Å². The first-order chi connectivity index (χ1) is 15.6. The molecule has 0 radical (unpaired) electrons. The average molecular weight is 435 g/mol. The van der Waals surface area contributed by atoms with Crippen molar-refractivity contribution in [1.82, 2.24) is 14.9 Å². The molecule has 0 aliphatic carbocycles. The lowest BCUT2D eigenvalue weighted by atomic mass is 10.1. The van der Waals surface area contributed by atoms with Crippen LogP contribution in [0, 0.1) is 5.82 Å². The number of ether oxygens (including phenoxy) is 2. The number of halogens is 1. The fourth-order valence-electron chi connectivity index (χ4n) is 3.94. The van der Waals surface area contributed by atoms with Gasteiger partial charge in [0.05, 0.1) is 30.2 Å². The number of amides is 1. The van der Waals surface area contributed by atoms with Gasteiger partial charge in [-0.15, -0.1) is 0 Å². The lowest BCUT2D eigenvalue weighted by molar-refractivity contribution is 0.0732. The standard InChI is InChI=1S/C25H26FN3O3/c1-31-12-13-32-22-9-7-19(8-10-22)25(30)29-11-3-6-24(29)23-17-27-16-21(28-23)15-18-4-2-5-20(26)14-18/h2,4-5,7-10,14,16-17,24H,3,6,11-13,15H2,1H3/t24-/m1/s1. The Bertz CT molecular complexity index is 1060. The van der Waals surface area contributed by atoms with Gasteiger partial charge in [0, 0.05) is 31.8 Å². The van der Waals surface area contributed by atoms with Crippen LogP contribution in [0.5, 0.6) is 5.75 Å². The van der Waals surface area contributed by atoms with E-state index < -0.39 is 0 Å². The van der Waals surface area contributed by atoms with Crippen LogP contribution in [0.3, 0.4) is 0 Å². The summed E-state index contributed by atoms with van der Waals surface area (Å²) in [6.07, 6.45) is 5.65. The smallest absolute Gasteiger partial charge is 0.254 e.